The van der Waals surface area contributed by atoms with Gasteiger partial charge in [0.1, 0.15) is 0 Å². The van der Waals surface area contributed by atoms with Crippen LogP contribution in [0, 0.1) is 0 Å². The van der Waals surface area contributed by atoms with Crippen LogP contribution in [0.15, 0.2) is 24.3 Å². The number of nitrogens with two attached hydrogens (primary N) is 1. The van der Waals surface area contributed by atoms with Crippen LogP contribution < -0.4 is 5.73 Å². The maximum atomic E-state index is 6.03. The lowest BCUT2D eigenvalue weighted by Gasteiger charge is -2.24. The molecule has 1 aliphatic rings. The summed E-state index contributed by atoms with van der Waals surface area (Å²) in [4.78, 5) is 0. The van der Waals surface area contributed by atoms with Crippen LogP contribution in [0.5, 0.6) is 0 Å². The molecule has 1 saturated carbocycles. The summed E-state index contributed by atoms with van der Waals surface area (Å²) in [6, 6.07) is 9.59. The van der Waals surface area contributed by atoms with E-state index in [2.05, 4.69) is 38.1 Å². The first kappa shape index (κ1) is 11.7. The summed E-state index contributed by atoms with van der Waals surface area (Å²) in [6.45, 7) is 4.58. The smallest absolute Gasteiger partial charge is 0.00475 e. The van der Waals surface area contributed by atoms with Crippen LogP contribution in [0.25, 0.3) is 0 Å². The van der Waals surface area contributed by atoms with Crippen molar-refractivity contribution in [1.29, 1.82) is 0 Å². The highest BCUT2D eigenvalue weighted by atomic mass is 14.7. The minimum absolute atomic E-state index is 0.324. The fourth-order valence-electron chi connectivity index (χ4n) is 2.91. The summed E-state index contributed by atoms with van der Waals surface area (Å²) in [7, 11) is 0. The van der Waals surface area contributed by atoms with Crippen molar-refractivity contribution in [2.24, 2.45) is 5.73 Å². The van der Waals surface area contributed by atoms with Crippen molar-refractivity contribution >= 4 is 0 Å². The number of benzene rings is 1. The van der Waals surface area contributed by atoms with Gasteiger partial charge < -0.3 is 5.73 Å². The lowest BCUT2D eigenvalue weighted by molar-refractivity contribution is 0.482. The van der Waals surface area contributed by atoms with Gasteiger partial charge in [-0.05, 0) is 42.2 Å². The van der Waals surface area contributed by atoms with Crippen molar-refractivity contribution in [3.8, 4) is 0 Å². The minimum atomic E-state index is 0.324. The average molecular weight is 217 g/mol. The van der Waals surface area contributed by atoms with Crippen LogP contribution in [0.1, 0.15) is 50.7 Å². The normalized spacial score (nSPS) is 29.6. The second kappa shape index (κ2) is 4.58. The fraction of sp³-hybridized carbons (Fsp3) is 0.600. The summed E-state index contributed by atoms with van der Waals surface area (Å²) in [5.74, 6) is 0. The molecule has 0 heterocycles. The molecule has 0 spiro atoms. The molecule has 1 nitrogen and oxygen atoms in total. The van der Waals surface area contributed by atoms with Gasteiger partial charge in [-0.15, -0.1) is 0 Å². The Balaban J connectivity index is 2.15. The molecular weight excluding hydrogens is 194 g/mol. The summed E-state index contributed by atoms with van der Waals surface area (Å²) in [5.41, 5.74) is 9.28. The van der Waals surface area contributed by atoms with E-state index in [1.54, 1.807) is 0 Å². The van der Waals surface area contributed by atoms with Gasteiger partial charge in [-0.2, -0.15) is 0 Å². The van der Waals surface area contributed by atoms with Gasteiger partial charge in [0.2, 0.25) is 0 Å². The van der Waals surface area contributed by atoms with Crippen LogP contribution in [0.3, 0.4) is 0 Å². The van der Waals surface area contributed by atoms with Gasteiger partial charge in [0.25, 0.3) is 0 Å². The van der Waals surface area contributed by atoms with Gasteiger partial charge >= 0.3 is 0 Å². The summed E-state index contributed by atoms with van der Waals surface area (Å²) >= 11 is 0. The van der Waals surface area contributed by atoms with Crippen molar-refractivity contribution in [1.82, 2.24) is 0 Å². The van der Waals surface area contributed by atoms with Crippen molar-refractivity contribution in [3.63, 3.8) is 0 Å². The minimum Gasteiger partial charge on any atom is -0.328 e. The molecule has 88 valence electrons. The Morgan fingerprint density at radius 1 is 1.31 bits per heavy atom. The van der Waals surface area contributed by atoms with E-state index >= 15 is 0 Å². The van der Waals surface area contributed by atoms with Gasteiger partial charge in [-0.3, -0.25) is 0 Å². The Morgan fingerprint density at radius 3 is 2.50 bits per heavy atom. The molecule has 0 radical (unpaired) electrons. The van der Waals surface area contributed by atoms with E-state index in [1.807, 2.05) is 0 Å². The van der Waals surface area contributed by atoms with Gasteiger partial charge in [-0.25, -0.2) is 0 Å². The van der Waals surface area contributed by atoms with Crippen LogP contribution in [-0.4, -0.2) is 6.04 Å². The zero-order valence-corrected chi connectivity index (χ0v) is 10.5. The molecule has 1 fully saturated rings. The average Bonchev–Trinajstić information content (AvgIpc) is 2.61. The molecule has 0 aliphatic heterocycles. The Morgan fingerprint density at radius 2 is 2.00 bits per heavy atom. The molecule has 16 heavy (non-hydrogen) atoms. The van der Waals surface area contributed by atoms with E-state index in [4.69, 9.17) is 5.73 Å². The maximum Gasteiger partial charge on any atom is 0.00475 e. The maximum absolute atomic E-state index is 6.03. The topological polar surface area (TPSA) is 26.0 Å². The highest BCUT2D eigenvalue weighted by molar-refractivity contribution is 5.30. The van der Waals surface area contributed by atoms with Gasteiger partial charge in [0, 0.05) is 6.04 Å². The van der Waals surface area contributed by atoms with Crippen LogP contribution in [-0.2, 0) is 11.8 Å². The predicted molar refractivity (Wildman–Crippen MR) is 69.6 cm³/mol. The van der Waals surface area contributed by atoms with Crippen molar-refractivity contribution < 1.29 is 0 Å². The van der Waals surface area contributed by atoms with E-state index < -0.39 is 0 Å². The van der Waals surface area contributed by atoms with E-state index in [9.17, 15) is 0 Å². The highest BCUT2D eigenvalue weighted by Gasteiger charge is 2.34. The lowest BCUT2D eigenvalue weighted by atomic mass is 9.80. The largest absolute Gasteiger partial charge is 0.328 e. The summed E-state index contributed by atoms with van der Waals surface area (Å²) in [5, 5.41) is 0. The molecule has 0 amide bonds. The molecule has 2 atom stereocenters. The van der Waals surface area contributed by atoms with E-state index in [1.165, 1.54) is 36.8 Å². The lowest BCUT2D eigenvalue weighted by Crippen LogP contribution is -2.22. The summed E-state index contributed by atoms with van der Waals surface area (Å²) in [6.07, 6.45) is 5.96. The van der Waals surface area contributed by atoms with Crippen molar-refractivity contribution in [2.75, 3.05) is 0 Å². The number of hydrogen-bond donors (Lipinski definition) is 1. The first-order valence-corrected chi connectivity index (χ1v) is 6.49. The van der Waals surface area contributed by atoms with Crippen LogP contribution >= 0.6 is 0 Å². The third-order valence-corrected chi connectivity index (χ3v) is 3.97. The Bertz CT molecular complexity index is 341. The Hall–Kier alpha value is -0.820. The molecule has 1 heteroatoms. The second-order valence-electron chi connectivity index (χ2n) is 5.51. The third-order valence-electron chi connectivity index (χ3n) is 3.97. The molecule has 0 bridgehead atoms. The Kier molecular flexibility index (Phi) is 3.34. The van der Waals surface area contributed by atoms with E-state index in [-0.39, 0.29) is 0 Å². The fourth-order valence-corrected chi connectivity index (χ4v) is 2.91. The quantitative estimate of drug-likeness (QED) is 0.825. The molecule has 0 saturated heterocycles. The van der Waals surface area contributed by atoms with Crippen LogP contribution in [0.4, 0.5) is 0 Å². The molecule has 1 aromatic rings. The van der Waals surface area contributed by atoms with Crippen molar-refractivity contribution in [3.05, 3.63) is 35.4 Å². The van der Waals surface area contributed by atoms with Gasteiger partial charge in [-0.1, -0.05) is 44.5 Å². The molecular formula is C15H23N. The number of aryl methyl sites for hydroxylation is 1. The zero-order chi connectivity index (χ0) is 11.6. The number of hydrogen-bond acceptors (Lipinski definition) is 1. The summed E-state index contributed by atoms with van der Waals surface area (Å²) < 4.78 is 0. The van der Waals surface area contributed by atoms with Crippen molar-refractivity contribution in [2.45, 2.75) is 57.4 Å². The first-order chi connectivity index (χ1) is 7.64. The Labute approximate surface area is 99.0 Å². The van der Waals surface area contributed by atoms with Crippen LogP contribution in [0.2, 0.25) is 0 Å². The predicted octanol–water partition coefficient (Wildman–Crippen LogP) is 3.41. The van der Waals surface area contributed by atoms with E-state index in [0.717, 1.165) is 6.42 Å². The molecule has 1 aromatic carbocycles. The first-order valence-electron chi connectivity index (χ1n) is 6.49. The monoisotopic (exact) mass is 217 g/mol. The SMILES string of the molecule is CCCc1ccc(C2(C)CCC(N)C2)cc1. The second-order valence-corrected chi connectivity index (χ2v) is 5.51. The molecule has 1 aliphatic carbocycles. The molecule has 0 aromatic heterocycles. The number of rotatable bonds is 3. The highest BCUT2D eigenvalue weighted by Crippen LogP contribution is 2.40. The molecule has 2 N–H and O–H groups in total. The zero-order valence-electron chi connectivity index (χ0n) is 10.5. The third kappa shape index (κ3) is 2.30. The molecule has 2 unspecified atom stereocenters. The standard InChI is InChI=1S/C15H23N/c1-3-4-12-5-7-13(8-6-12)15(2)10-9-14(16)11-15/h5-8,14H,3-4,9-11,16H2,1-2H3. The molecule has 2 rings (SSSR count). The van der Waals surface area contributed by atoms with Gasteiger partial charge in [0.15, 0.2) is 0 Å². The van der Waals surface area contributed by atoms with E-state index in [0.29, 0.717) is 11.5 Å². The van der Waals surface area contributed by atoms with Gasteiger partial charge in [0.05, 0.1) is 0 Å².